The summed E-state index contributed by atoms with van der Waals surface area (Å²) >= 11 is 0. The van der Waals surface area contributed by atoms with Crippen LogP contribution in [0.2, 0.25) is 0 Å². The number of benzene rings is 1. The Kier molecular flexibility index (Phi) is 3.09. The fourth-order valence-corrected chi connectivity index (χ4v) is 1.48. The Hall–Kier alpha value is -2.30. The second-order valence-corrected chi connectivity index (χ2v) is 3.66. The minimum absolute atomic E-state index is 0.0478. The number of carbonyl (C=O) groups is 1. The van der Waals surface area contributed by atoms with Crippen LogP contribution in [0, 0.1) is 0 Å². The summed E-state index contributed by atoms with van der Waals surface area (Å²) in [5.74, 6) is 0.338. The van der Waals surface area contributed by atoms with E-state index < -0.39 is 0 Å². The summed E-state index contributed by atoms with van der Waals surface area (Å²) in [6, 6.07) is 5.61. The first kappa shape index (κ1) is 11.2. The predicted octanol–water partition coefficient (Wildman–Crippen LogP) is 1.56. The van der Waals surface area contributed by atoms with Gasteiger partial charge in [0.05, 0.1) is 5.39 Å². The Morgan fingerprint density at radius 2 is 2.41 bits per heavy atom. The van der Waals surface area contributed by atoms with E-state index in [0.29, 0.717) is 17.9 Å². The quantitative estimate of drug-likeness (QED) is 0.839. The number of nitrogens with two attached hydrogens (primary N) is 1. The Bertz CT molecular complexity index is 572. The van der Waals surface area contributed by atoms with E-state index in [1.54, 1.807) is 0 Å². The van der Waals surface area contributed by atoms with Crippen LogP contribution in [0.5, 0.6) is 0 Å². The van der Waals surface area contributed by atoms with Crippen LogP contribution >= 0.6 is 0 Å². The third kappa shape index (κ3) is 2.63. The molecule has 0 aliphatic rings. The van der Waals surface area contributed by atoms with Gasteiger partial charge in [-0.15, -0.1) is 0 Å². The number of anilines is 1. The van der Waals surface area contributed by atoms with Crippen molar-refractivity contribution < 1.29 is 9.32 Å². The highest BCUT2D eigenvalue weighted by Gasteiger charge is 2.03. The molecule has 0 saturated heterocycles. The first-order valence-electron chi connectivity index (χ1n) is 5.22. The summed E-state index contributed by atoms with van der Waals surface area (Å²) in [7, 11) is 0. The van der Waals surface area contributed by atoms with Gasteiger partial charge >= 0.3 is 0 Å². The Morgan fingerprint density at radius 3 is 3.18 bits per heavy atom. The van der Waals surface area contributed by atoms with Crippen LogP contribution in [0.15, 0.2) is 28.8 Å². The van der Waals surface area contributed by atoms with Crippen LogP contribution in [0.3, 0.4) is 0 Å². The molecule has 3 N–H and O–H groups in total. The predicted molar refractivity (Wildman–Crippen MR) is 66.1 cm³/mol. The second kappa shape index (κ2) is 4.69. The molecule has 0 spiro atoms. The number of hydrogen-bond donors (Lipinski definition) is 2. The van der Waals surface area contributed by atoms with E-state index in [0.717, 1.165) is 10.9 Å². The molecule has 0 atom stereocenters. The van der Waals surface area contributed by atoms with Gasteiger partial charge in [-0.1, -0.05) is 23.4 Å². The Balaban J connectivity index is 2.13. The zero-order valence-corrected chi connectivity index (χ0v) is 9.43. The van der Waals surface area contributed by atoms with Crippen molar-refractivity contribution >= 4 is 28.8 Å². The van der Waals surface area contributed by atoms with E-state index in [4.69, 9.17) is 10.3 Å². The van der Waals surface area contributed by atoms with Crippen LogP contribution in [0.1, 0.15) is 12.5 Å². The van der Waals surface area contributed by atoms with Gasteiger partial charge in [-0.3, -0.25) is 4.79 Å². The summed E-state index contributed by atoms with van der Waals surface area (Å²) in [4.78, 5) is 10.7. The molecule has 0 aliphatic heterocycles. The minimum Gasteiger partial charge on any atom is -0.380 e. The molecule has 2 rings (SSSR count). The minimum atomic E-state index is -0.0478. The first-order valence-corrected chi connectivity index (χ1v) is 5.22. The zero-order chi connectivity index (χ0) is 12.3. The molecule has 0 bridgehead atoms. The van der Waals surface area contributed by atoms with E-state index in [1.165, 1.54) is 6.92 Å². The van der Waals surface area contributed by atoms with Gasteiger partial charge in [0.15, 0.2) is 11.4 Å². The van der Waals surface area contributed by atoms with Gasteiger partial charge in [-0.2, -0.15) is 0 Å². The molecular weight excluding hydrogens is 218 g/mol. The summed E-state index contributed by atoms with van der Waals surface area (Å²) in [5, 5.41) is 7.15. The van der Waals surface area contributed by atoms with Gasteiger partial charge in [0.1, 0.15) is 0 Å². The molecule has 17 heavy (non-hydrogen) atoms. The summed E-state index contributed by atoms with van der Waals surface area (Å²) in [6.45, 7) is 1.99. The molecule has 0 aliphatic carbocycles. The Labute approximate surface area is 98.3 Å². The van der Waals surface area contributed by atoms with Crippen molar-refractivity contribution in [3.05, 3.63) is 29.8 Å². The van der Waals surface area contributed by atoms with Crippen molar-refractivity contribution in [2.75, 3.05) is 12.3 Å². The molecule has 5 heteroatoms. The first-order chi connectivity index (χ1) is 8.16. The lowest BCUT2D eigenvalue weighted by atomic mass is 10.1. The zero-order valence-electron chi connectivity index (χ0n) is 9.43. The van der Waals surface area contributed by atoms with Crippen LogP contribution in [-0.4, -0.2) is 17.6 Å². The molecule has 0 saturated carbocycles. The van der Waals surface area contributed by atoms with E-state index >= 15 is 0 Å². The monoisotopic (exact) mass is 231 g/mol. The number of fused-ring (bicyclic) bond motifs is 1. The molecule has 88 valence electrons. The van der Waals surface area contributed by atoms with E-state index in [9.17, 15) is 4.79 Å². The largest absolute Gasteiger partial charge is 0.380 e. The van der Waals surface area contributed by atoms with Crippen molar-refractivity contribution in [1.29, 1.82) is 0 Å². The molecule has 0 fully saturated rings. The molecular formula is C12H13N3O2. The maximum Gasteiger partial charge on any atom is 0.217 e. The highest BCUT2D eigenvalue weighted by Crippen LogP contribution is 2.21. The molecule has 5 nitrogen and oxygen atoms in total. The highest BCUT2D eigenvalue weighted by atomic mass is 16.5. The van der Waals surface area contributed by atoms with E-state index in [1.807, 2.05) is 30.4 Å². The van der Waals surface area contributed by atoms with Crippen molar-refractivity contribution in [3.63, 3.8) is 0 Å². The number of rotatable bonds is 3. The second-order valence-electron chi connectivity index (χ2n) is 3.66. The third-order valence-electron chi connectivity index (χ3n) is 2.30. The number of nitrogens with one attached hydrogen (secondary N) is 1. The van der Waals surface area contributed by atoms with Crippen LogP contribution in [0.25, 0.3) is 17.0 Å². The number of amides is 1. The molecule has 1 aromatic heterocycles. The average molecular weight is 231 g/mol. The lowest BCUT2D eigenvalue weighted by Crippen LogP contribution is -2.19. The lowest BCUT2D eigenvalue weighted by Gasteiger charge is -1.96. The standard InChI is InChI=1S/C12H13N3O2/c1-8(16)14-6-2-3-9-4-5-11-10(7-9)12(13)15-17-11/h2-5,7H,6H2,1H3,(H2,13,15)(H,14,16). The van der Waals surface area contributed by atoms with E-state index in [2.05, 4.69) is 10.5 Å². The van der Waals surface area contributed by atoms with Crippen molar-refractivity contribution in [3.8, 4) is 0 Å². The summed E-state index contributed by atoms with van der Waals surface area (Å²) in [6.07, 6.45) is 3.77. The smallest absolute Gasteiger partial charge is 0.217 e. The van der Waals surface area contributed by atoms with Gasteiger partial charge < -0.3 is 15.6 Å². The van der Waals surface area contributed by atoms with Gasteiger partial charge in [-0.05, 0) is 17.7 Å². The summed E-state index contributed by atoms with van der Waals surface area (Å²) in [5.41, 5.74) is 7.31. The van der Waals surface area contributed by atoms with Gasteiger partial charge in [0, 0.05) is 13.5 Å². The molecule has 0 radical (unpaired) electrons. The Morgan fingerprint density at radius 1 is 1.59 bits per heavy atom. The average Bonchev–Trinajstić information content (AvgIpc) is 2.66. The lowest BCUT2D eigenvalue weighted by molar-refractivity contribution is -0.118. The maximum atomic E-state index is 10.7. The molecule has 1 aromatic carbocycles. The number of carbonyl (C=O) groups excluding carboxylic acids is 1. The maximum absolute atomic E-state index is 10.7. The summed E-state index contributed by atoms with van der Waals surface area (Å²) < 4.78 is 5.00. The topological polar surface area (TPSA) is 81.2 Å². The fraction of sp³-hybridized carbons (Fsp3) is 0.167. The van der Waals surface area contributed by atoms with E-state index in [-0.39, 0.29) is 5.91 Å². The molecule has 0 unspecified atom stereocenters. The number of aromatic nitrogens is 1. The SMILES string of the molecule is CC(=O)NCC=Cc1ccc2onc(N)c2c1. The number of nitrogen functional groups attached to an aromatic ring is 1. The number of hydrogen-bond acceptors (Lipinski definition) is 4. The number of nitrogens with zero attached hydrogens (tertiary/aromatic N) is 1. The van der Waals surface area contributed by atoms with Crippen molar-refractivity contribution in [1.82, 2.24) is 10.5 Å². The normalized spacial score (nSPS) is 11.1. The van der Waals surface area contributed by atoms with Crippen LogP contribution in [-0.2, 0) is 4.79 Å². The third-order valence-corrected chi connectivity index (χ3v) is 2.30. The highest BCUT2D eigenvalue weighted by molar-refractivity contribution is 5.88. The van der Waals surface area contributed by atoms with Crippen molar-refractivity contribution in [2.24, 2.45) is 0 Å². The van der Waals surface area contributed by atoms with Gasteiger partial charge in [0.25, 0.3) is 0 Å². The van der Waals surface area contributed by atoms with Gasteiger partial charge in [-0.25, -0.2) is 0 Å². The van der Waals surface area contributed by atoms with Gasteiger partial charge in [0.2, 0.25) is 5.91 Å². The molecule has 2 aromatic rings. The van der Waals surface area contributed by atoms with Crippen molar-refractivity contribution in [2.45, 2.75) is 6.92 Å². The van der Waals surface area contributed by atoms with Crippen LogP contribution < -0.4 is 11.1 Å². The fourth-order valence-electron chi connectivity index (χ4n) is 1.48. The van der Waals surface area contributed by atoms with Crippen LogP contribution in [0.4, 0.5) is 5.82 Å². The molecule has 1 heterocycles. The molecule has 1 amide bonds.